The van der Waals surface area contributed by atoms with Crippen LogP contribution in [0.25, 0.3) is 0 Å². The van der Waals surface area contributed by atoms with Crippen molar-refractivity contribution in [1.29, 1.82) is 0 Å². The molecule has 0 amide bonds. The van der Waals surface area contributed by atoms with E-state index in [1.54, 1.807) is 0 Å². The lowest BCUT2D eigenvalue weighted by Gasteiger charge is -2.12. The molecule has 22 heavy (non-hydrogen) atoms. The average Bonchev–Trinajstić information content (AvgIpc) is 2.58. The molecule has 0 aliphatic carbocycles. The Morgan fingerprint density at radius 3 is 1.73 bits per heavy atom. The molecule has 110 valence electrons. The predicted octanol–water partition coefficient (Wildman–Crippen LogP) is 5.63. The van der Waals surface area contributed by atoms with E-state index in [1.807, 2.05) is 0 Å². The summed E-state index contributed by atoms with van der Waals surface area (Å²) in [6, 6.07) is 28.0. The maximum absolute atomic E-state index is 3.21. The van der Waals surface area contributed by atoms with E-state index < -0.39 is 0 Å². The van der Waals surface area contributed by atoms with Crippen molar-refractivity contribution in [1.82, 2.24) is 0 Å². The van der Waals surface area contributed by atoms with Gasteiger partial charge in [-0.05, 0) is 47.2 Å². The van der Waals surface area contributed by atoms with Crippen molar-refractivity contribution >= 4 is 28.6 Å². The summed E-state index contributed by atoms with van der Waals surface area (Å²) in [6.07, 6.45) is 1.94. The molecule has 0 aromatic heterocycles. The highest BCUT2D eigenvalue weighted by Gasteiger charge is 2.06. The van der Waals surface area contributed by atoms with Crippen molar-refractivity contribution in [2.45, 2.75) is 12.8 Å². The molecule has 0 fully saturated rings. The molecule has 0 unspecified atom stereocenters. The van der Waals surface area contributed by atoms with E-state index in [0.717, 1.165) is 18.5 Å². The average molecular weight is 399 g/mol. The molecule has 0 heterocycles. The van der Waals surface area contributed by atoms with Gasteiger partial charge in [0.25, 0.3) is 0 Å². The molecule has 3 aromatic carbocycles. The maximum Gasteiger partial charge on any atom is 0.0560 e. The zero-order valence-corrected chi connectivity index (χ0v) is 14.5. The van der Waals surface area contributed by atoms with E-state index >= 15 is 0 Å². The zero-order chi connectivity index (χ0) is 15.2. The van der Waals surface area contributed by atoms with Gasteiger partial charge >= 0.3 is 0 Å². The van der Waals surface area contributed by atoms with E-state index in [4.69, 9.17) is 0 Å². The number of hydrogen-bond donors (Lipinski definition) is 1. The fourth-order valence-electron chi connectivity index (χ4n) is 2.65. The van der Waals surface area contributed by atoms with Gasteiger partial charge in [0.05, 0.1) is 22.9 Å². The number of benzene rings is 3. The zero-order valence-electron chi connectivity index (χ0n) is 12.3. The monoisotopic (exact) mass is 399 g/mol. The van der Waals surface area contributed by atoms with Crippen molar-refractivity contribution in [2.24, 2.45) is 0 Å². The molecule has 1 N–H and O–H groups in total. The Balaban J connectivity index is 1.91. The maximum atomic E-state index is 3.21. The van der Waals surface area contributed by atoms with Crippen molar-refractivity contribution in [3.8, 4) is 0 Å². The first-order valence-electron chi connectivity index (χ1n) is 7.41. The van der Waals surface area contributed by atoms with Gasteiger partial charge in [-0.25, -0.2) is 0 Å². The van der Waals surface area contributed by atoms with Gasteiger partial charge in [-0.15, -0.1) is 0 Å². The molecule has 0 aliphatic rings. The molecule has 0 saturated carbocycles. The molecular formula is C20H18IN. The normalized spacial score (nSPS) is 10.4. The Hall–Kier alpha value is -1.81. The minimum absolute atomic E-state index is 0.967. The second kappa shape index (κ2) is 7.45. The molecule has 0 bridgehead atoms. The van der Waals surface area contributed by atoms with Crippen molar-refractivity contribution in [3.63, 3.8) is 0 Å². The predicted molar refractivity (Wildman–Crippen MR) is 103 cm³/mol. The minimum atomic E-state index is 0.967. The van der Waals surface area contributed by atoms with Crippen LogP contribution in [0.4, 0.5) is 5.69 Å². The molecule has 3 rings (SSSR count). The summed E-state index contributed by atoms with van der Waals surface area (Å²) in [5.41, 5.74) is 6.64. The Kier molecular flexibility index (Phi) is 5.11. The van der Waals surface area contributed by atoms with Crippen molar-refractivity contribution in [3.05, 3.63) is 101 Å². The third kappa shape index (κ3) is 3.89. The molecule has 0 radical (unpaired) electrons. The summed E-state index contributed by atoms with van der Waals surface area (Å²) >= 11 is 2.19. The van der Waals surface area contributed by atoms with E-state index in [0.29, 0.717) is 0 Å². The van der Waals surface area contributed by atoms with Crippen LogP contribution >= 0.6 is 22.9 Å². The first kappa shape index (κ1) is 15.1. The van der Waals surface area contributed by atoms with Crippen LogP contribution in [0.1, 0.15) is 22.3 Å². The topological polar surface area (TPSA) is 12.0 Å². The Bertz CT molecular complexity index is 723. The SMILES string of the molecule is INc1ccc(Cc2ccccc2)c(Cc2ccccc2)c1. The largest absolute Gasteiger partial charge is 0.328 e. The van der Waals surface area contributed by atoms with Gasteiger partial charge in [-0.2, -0.15) is 0 Å². The third-order valence-electron chi connectivity index (χ3n) is 3.79. The van der Waals surface area contributed by atoms with Crippen LogP contribution in [0.15, 0.2) is 78.9 Å². The van der Waals surface area contributed by atoms with Gasteiger partial charge in [0.2, 0.25) is 0 Å². The van der Waals surface area contributed by atoms with Gasteiger partial charge in [0, 0.05) is 5.69 Å². The highest BCUT2D eigenvalue weighted by molar-refractivity contribution is 14.1. The quantitative estimate of drug-likeness (QED) is 0.433. The molecule has 0 aliphatic heterocycles. The van der Waals surface area contributed by atoms with Crippen LogP contribution in [-0.4, -0.2) is 0 Å². The number of hydrogen-bond acceptors (Lipinski definition) is 1. The number of rotatable bonds is 5. The second-order valence-electron chi connectivity index (χ2n) is 5.40. The van der Waals surface area contributed by atoms with Gasteiger partial charge in [0.1, 0.15) is 0 Å². The van der Waals surface area contributed by atoms with Gasteiger partial charge < -0.3 is 3.53 Å². The van der Waals surface area contributed by atoms with Crippen molar-refractivity contribution in [2.75, 3.05) is 3.53 Å². The smallest absolute Gasteiger partial charge is 0.0560 e. The fourth-order valence-corrected chi connectivity index (χ4v) is 2.99. The number of nitrogens with one attached hydrogen (secondary N) is 1. The van der Waals surface area contributed by atoms with Gasteiger partial charge in [-0.3, -0.25) is 0 Å². The molecular weight excluding hydrogens is 381 g/mol. The van der Waals surface area contributed by atoms with E-state index in [9.17, 15) is 0 Å². The Morgan fingerprint density at radius 1 is 0.636 bits per heavy atom. The fraction of sp³-hybridized carbons (Fsp3) is 0.100. The first-order valence-corrected chi connectivity index (χ1v) is 8.49. The third-order valence-corrected chi connectivity index (χ3v) is 4.41. The van der Waals surface area contributed by atoms with Crippen LogP contribution in [0.5, 0.6) is 0 Å². The van der Waals surface area contributed by atoms with E-state index in [1.165, 1.54) is 22.3 Å². The standard InChI is InChI=1S/C20H18IN/c21-22-20-12-11-18(13-16-7-3-1-4-8-16)19(15-20)14-17-9-5-2-6-10-17/h1-12,15,22H,13-14H2. The molecule has 0 saturated heterocycles. The van der Waals surface area contributed by atoms with E-state index in [2.05, 4.69) is 105 Å². The highest BCUT2D eigenvalue weighted by atomic mass is 127. The lowest BCUT2D eigenvalue weighted by molar-refractivity contribution is 1.09. The minimum Gasteiger partial charge on any atom is -0.328 e. The molecule has 2 heteroatoms. The van der Waals surface area contributed by atoms with Gasteiger partial charge in [-0.1, -0.05) is 66.7 Å². The van der Waals surface area contributed by atoms with Gasteiger partial charge in [0.15, 0.2) is 0 Å². The lowest BCUT2D eigenvalue weighted by Crippen LogP contribution is -1.98. The second-order valence-corrected chi connectivity index (χ2v) is 5.94. The molecule has 1 nitrogen and oxygen atoms in total. The number of anilines is 1. The highest BCUT2D eigenvalue weighted by Crippen LogP contribution is 2.22. The summed E-state index contributed by atoms with van der Waals surface area (Å²) in [5, 5.41) is 0. The summed E-state index contributed by atoms with van der Waals surface area (Å²) in [7, 11) is 0. The Labute approximate surface area is 145 Å². The van der Waals surface area contributed by atoms with Crippen LogP contribution in [0.2, 0.25) is 0 Å². The van der Waals surface area contributed by atoms with Crippen LogP contribution in [0.3, 0.4) is 0 Å². The molecule has 3 aromatic rings. The molecule has 0 atom stereocenters. The van der Waals surface area contributed by atoms with Crippen LogP contribution in [-0.2, 0) is 12.8 Å². The summed E-state index contributed by atoms with van der Waals surface area (Å²) in [4.78, 5) is 0. The first-order chi connectivity index (χ1) is 10.8. The Morgan fingerprint density at radius 2 is 1.18 bits per heavy atom. The summed E-state index contributed by atoms with van der Waals surface area (Å²) < 4.78 is 3.21. The van der Waals surface area contributed by atoms with Crippen LogP contribution in [0, 0.1) is 0 Å². The lowest BCUT2D eigenvalue weighted by atomic mass is 9.95. The van der Waals surface area contributed by atoms with Crippen LogP contribution < -0.4 is 3.53 Å². The molecule has 0 spiro atoms. The summed E-state index contributed by atoms with van der Waals surface area (Å²) in [6.45, 7) is 0. The van der Waals surface area contributed by atoms with E-state index in [-0.39, 0.29) is 0 Å². The number of halogens is 1. The van der Waals surface area contributed by atoms with Crippen molar-refractivity contribution < 1.29 is 0 Å². The summed E-state index contributed by atoms with van der Waals surface area (Å²) in [5.74, 6) is 0.